The second-order valence-corrected chi connectivity index (χ2v) is 8.15. The monoisotopic (exact) mass is 496 g/mol. The fourth-order valence-electron chi connectivity index (χ4n) is 2.44. The molecule has 0 saturated heterocycles. The molecule has 0 aromatic carbocycles. The Kier molecular flexibility index (Phi) is 23.5. The van der Waals surface area contributed by atoms with Crippen molar-refractivity contribution in [3.63, 3.8) is 0 Å². The maximum atomic E-state index is 11.7. The first-order valence-corrected chi connectivity index (χ1v) is 12.5. The molecule has 194 valence electrons. The van der Waals surface area contributed by atoms with Crippen LogP contribution in [0.3, 0.4) is 0 Å². The number of hydrogen-bond donors (Lipinski definition) is 7. The Morgan fingerprint density at radius 1 is 0.939 bits per heavy atom. The van der Waals surface area contributed by atoms with Gasteiger partial charge in [0.15, 0.2) is 0 Å². The molecule has 0 heterocycles. The summed E-state index contributed by atoms with van der Waals surface area (Å²) in [6.45, 7) is 3.27. The van der Waals surface area contributed by atoms with Gasteiger partial charge in [0.1, 0.15) is 6.04 Å². The largest absolute Gasteiger partial charge is 0.481 e. The Hall–Kier alpha value is -1.85. The minimum absolute atomic E-state index is 0.00562. The first kappa shape index (κ1) is 33.3. The van der Waals surface area contributed by atoms with Crippen molar-refractivity contribution < 1.29 is 38.8 Å². The maximum absolute atomic E-state index is 11.7. The molecule has 12 nitrogen and oxygen atoms in total. The second kappa shape index (κ2) is 23.3. The highest BCUT2D eigenvalue weighted by molar-refractivity contribution is 7.43. The number of nitrogens with one attached hydrogen (secondary N) is 2. The molecule has 13 heteroatoms. The third-order valence-electron chi connectivity index (χ3n) is 4.26. The Bertz CT molecular complexity index is 552. The van der Waals surface area contributed by atoms with Crippen LogP contribution in [0.4, 0.5) is 0 Å². The fourth-order valence-corrected chi connectivity index (χ4v) is 2.75. The van der Waals surface area contributed by atoms with E-state index in [1.807, 2.05) is 6.92 Å². The van der Waals surface area contributed by atoms with Crippen molar-refractivity contribution in [1.29, 1.82) is 0 Å². The van der Waals surface area contributed by atoms with Crippen LogP contribution in [0.25, 0.3) is 0 Å². The molecule has 0 radical (unpaired) electrons. The third-order valence-corrected chi connectivity index (χ3v) is 4.71. The van der Waals surface area contributed by atoms with Gasteiger partial charge in [0.2, 0.25) is 20.3 Å². The van der Waals surface area contributed by atoms with Gasteiger partial charge in [0.05, 0.1) is 6.61 Å². The predicted molar refractivity (Wildman–Crippen MR) is 125 cm³/mol. The number of aliphatic carboxylic acids is 2. The molecule has 33 heavy (non-hydrogen) atoms. The van der Waals surface area contributed by atoms with Crippen LogP contribution < -0.4 is 21.9 Å². The second-order valence-electron chi connectivity index (χ2n) is 7.29. The van der Waals surface area contributed by atoms with E-state index in [9.17, 15) is 19.2 Å². The molecule has 2 amide bonds. The normalized spacial score (nSPS) is 12.1. The van der Waals surface area contributed by atoms with Crippen LogP contribution in [0, 0.1) is 0 Å². The molecule has 2 unspecified atom stereocenters. The van der Waals surface area contributed by atoms with E-state index in [0.29, 0.717) is 45.4 Å². The first-order valence-electron chi connectivity index (χ1n) is 11.2. The summed E-state index contributed by atoms with van der Waals surface area (Å²) < 4.78 is 4.81. The molecule has 0 fully saturated rings. The van der Waals surface area contributed by atoms with Gasteiger partial charge in [-0.3, -0.25) is 19.9 Å². The highest BCUT2D eigenvalue weighted by Gasteiger charge is 2.20. The van der Waals surface area contributed by atoms with Crippen LogP contribution in [0.5, 0.6) is 0 Å². The van der Waals surface area contributed by atoms with Crippen molar-refractivity contribution in [2.24, 2.45) is 11.2 Å². The number of carbonyl (C=O) groups excluding carboxylic acids is 2. The molecule has 9 N–H and O–H groups in total. The lowest BCUT2D eigenvalue weighted by Crippen LogP contribution is -2.41. The Morgan fingerprint density at radius 3 is 2.15 bits per heavy atom. The van der Waals surface area contributed by atoms with E-state index in [1.54, 1.807) is 0 Å². The minimum atomic E-state index is -1.85. The number of unbranched alkanes of at least 4 members (excludes halogenated alkanes) is 4. The molecule has 0 aromatic heterocycles. The van der Waals surface area contributed by atoms with Gasteiger partial charge in [-0.15, -0.1) is 0 Å². The molecular weight excluding hydrogens is 455 g/mol. The summed E-state index contributed by atoms with van der Waals surface area (Å²) in [4.78, 5) is 53.2. The fraction of sp³-hybridized carbons (Fsp3) is 0.800. The quantitative estimate of drug-likeness (QED) is 0.100. The summed E-state index contributed by atoms with van der Waals surface area (Å²) in [6, 6.07) is -1.08. The lowest BCUT2D eigenvalue weighted by Gasteiger charge is -2.14. The van der Waals surface area contributed by atoms with Crippen LogP contribution >= 0.6 is 8.53 Å². The van der Waals surface area contributed by atoms with E-state index >= 15 is 0 Å². The first-order chi connectivity index (χ1) is 15.6. The van der Waals surface area contributed by atoms with Crippen LogP contribution in [0.2, 0.25) is 0 Å². The number of carbonyl (C=O) groups is 4. The Morgan fingerprint density at radius 2 is 1.64 bits per heavy atom. The van der Waals surface area contributed by atoms with Gasteiger partial charge in [-0.2, -0.15) is 0 Å². The van der Waals surface area contributed by atoms with E-state index in [-0.39, 0.29) is 31.1 Å². The summed E-state index contributed by atoms with van der Waals surface area (Å²) in [5.74, 6) is -2.47. The average molecular weight is 497 g/mol. The molecule has 0 aromatic rings. The molecule has 0 aliphatic carbocycles. The average Bonchev–Trinajstić information content (AvgIpc) is 2.75. The summed E-state index contributed by atoms with van der Waals surface area (Å²) in [5.41, 5.74) is 10.4. The molecule has 0 rings (SSSR count). The van der Waals surface area contributed by atoms with Crippen LogP contribution in [-0.2, 0) is 23.7 Å². The zero-order valence-corrected chi connectivity index (χ0v) is 20.4. The number of amides is 2. The number of hydrogen-bond acceptors (Lipinski definition) is 8. The predicted octanol–water partition coefficient (Wildman–Crippen LogP) is 1.21. The van der Waals surface area contributed by atoms with Gasteiger partial charge >= 0.3 is 11.9 Å². The van der Waals surface area contributed by atoms with E-state index < -0.39 is 26.5 Å². The summed E-state index contributed by atoms with van der Waals surface area (Å²) in [7, 11) is -1.85. The third kappa shape index (κ3) is 26.3. The van der Waals surface area contributed by atoms with E-state index in [0.717, 1.165) is 25.7 Å². The molecule has 2 atom stereocenters. The lowest BCUT2D eigenvalue weighted by molar-refractivity contribution is -0.142. The summed E-state index contributed by atoms with van der Waals surface area (Å²) in [6.07, 6.45) is 5.95. The van der Waals surface area contributed by atoms with Gasteiger partial charge in [-0.1, -0.05) is 19.8 Å². The molecule has 0 spiro atoms. The SMILES string of the molecule is CCCCC(=O)O.NCCCCCC(=O)NC(CCC(=O)NCCCCOP(N)O)C(=O)O. The lowest BCUT2D eigenvalue weighted by atomic mass is 10.1. The highest BCUT2D eigenvalue weighted by atomic mass is 31.2. The molecule has 0 aliphatic heterocycles. The number of carboxylic acids is 2. The van der Waals surface area contributed by atoms with Gasteiger partial charge in [0, 0.05) is 25.8 Å². The smallest absolute Gasteiger partial charge is 0.326 e. The van der Waals surface area contributed by atoms with Crippen molar-refractivity contribution in [2.45, 2.75) is 83.6 Å². The number of carboxylic acid groups (broad SMARTS) is 2. The Balaban J connectivity index is 0. The maximum Gasteiger partial charge on any atom is 0.326 e. The van der Waals surface area contributed by atoms with Crippen LogP contribution in [-0.4, -0.2) is 64.6 Å². The van der Waals surface area contributed by atoms with Gasteiger partial charge in [-0.05, 0) is 45.1 Å². The minimum Gasteiger partial charge on any atom is -0.481 e. The van der Waals surface area contributed by atoms with Crippen molar-refractivity contribution in [3.05, 3.63) is 0 Å². The van der Waals surface area contributed by atoms with E-state index in [4.69, 9.17) is 30.9 Å². The van der Waals surface area contributed by atoms with Crippen molar-refractivity contribution >= 4 is 32.3 Å². The topological polar surface area (TPSA) is 214 Å². The molecular formula is C20H41N4O8P. The number of nitrogens with two attached hydrogens (primary N) is 2. The van der Waals surface area contributed by atoms with Crippen molar-refractivity contribution in [3.8, 4) is 0 Å². The van der Waals surface area contributed by atoms with E-state index in [2.05, 4.69) is 10.6 Å². The standard InChI is InChI=1S/C15H31N4O6P.C5H10O2/c16-9-3-1-2-6-14(21)19-12(15(22)23)7-8-13(20)18-10-4-5-11-25-26(17)24;1-2-3-4-5(6)7/h12,24H,1-11,16-17H2,(H,18,20)(H,19,21)(H,22,23);2-4H2,1H3,(H,6,7). The van der Waals surface area contributed by atoms with Crippen LogP contribution in [0.15, 0.2) is 0 Å². The number of rotatable bonds is 19. The molecule has 0 aliphatic rings. The Labute approximate surface area is 196 Å². The van der Waals surface area contributed by atoms with Crippen LogP contribution in [0.1, 0.15) is 77.6 Å². The van der Waals surface area contributed by atoms with E-state index in [1.165, 1.54) is 0 Å². The van der Waals surface area contributed by atoms with Gasteiger partial charge in [0.25, 0.3) is 0 Å². The zero-order valence-electron chi connectivity index (χ0n) is 19.5. The van der Waals surface area contributed by atoms with Crippen molar-refractivity contribution in [1.82, 2.24) is 10.6 Å². The zero-order chi connectivity index (χ0) is 25.5. The molecule has 0 bridgehead atoms. The summed E-state index contributed by atoms with van der Waals surface area (Å²) in [5, 5.41) is 22.3. The van der Waals surface area contributed by atoms with Crippen molar-refractivity contribution in [2.75, 3.05) is 19.7 Å². The van der Waals surface area contributed by atoms with Gasteiger partial charge < -0.3 is 36.0 Å². The van der Waals surface area contributed by atoms with Gasteiger partial charge in [-0.25, -0.2) is 4.79 Å². The summed E-state index contributed by atoms with van der Waals surface area (Å²) >= 11 is 0. The highest BCUT2D eigenvalue weighted by Crippen LogP contribution is 2.19. The molecule has 0 saturated carbocycles.